The van der Waals surface area contributed by atoms with Crippen LogP contribution in [0.4, 0.5) is 11.5 Å². The number of methoxy groups -OCH3 is 1. The van der Waals surface area contributed by atoms with Crippen LogP contribution in [0.25, 0.3) is 0 Å². The van der Waals surface area contributed by atoms with Gasteiger partial charge in [-0.1, -0.05) is 22.9 Å². The summed E-state index contributed by atoms with van der Waals surface area (Å²) in [6.45, 7) is 2.46. The van der Waals surface area contributed by atoms with Crippen molar-refractivity contribution in [3.8, 4) is 11.6 Å². The maximum atomic E-state index is 12.8. The lowest BCUT2D eigenvalue weighted by atomic mass is 10.2. The fraction of sp³-hybridized carbons (Fsp3) is 0.190. The summed E-state index contributed by atoms with van der Waals surface area (Å²) in [7, 11) is -2.48. The van der Waals surface area contributed by atoms with Crippen molar-refractivity contribution >= 4 is 43.4 Å². The van der Waals surface area contributed by atoms with Gasteiger partial charge in [-0.05, 0) is 48.9 Å². The Hall–Kier alpha value is -3.18. The van der Waals surface area contributed by atoms with E-state index in [-0.39, 0.29) is 22.5 Å². The number of hydrogen-bond donors (Lipinski definition) is 2. The van der Waals surface area contributed by atoms with E-state index in [1.807, 2.05) is 6.92 Å². The predicted octanol–water partition coefficient (Wildman–Crippen LogP) is 4.09. The van der Waals surface area contributed by atoms with Crippen LogP contribution in [0.2, 0.25) is 0 Å². The Balaban J connectivity index is 1.74. The number of aromatic nitrogens is 2. The number of amides is 1. The molecular formula is C21H21BrN4O5S. The first kappa shape index (κ1) is 23.5. The Morgan fingerprint density at radius 2 is 1.84 bits per heavy atom. The highest BCUT2D eigenvalue weighted by Gasteiger charge is 2.17. The van der Waals surface area contributed by atoms with Gasteiger partial charge in [0.15, 0.2) is 0 Å². The summed E-state index contributed by atoms with van der Waals surface area (Å²) in [5.41, 5.74) is 0.794. The van der Waals surface area contributed by atoms with Crippen molar-refractivity contribution in [1.29, 1.82) is 0 Å². The molecule has 0 bridgehead atoms. The molecule has 3 aromatic rings. The first-order chi connectivity index (χ1) is 15.3. The number of anilines is 2. The van der Waals surface area contributed by atoms with Crippen LogP contribution in [0, 0.1) is 0 Å². The molecule has 0 atom stereocenters. The molecule has 11 heteroatoms. The minimum absolute atomic E-state index is 0.00232. The Kier molecular flexibility index (Phi) is 7.65. The zero-order valence-corrected chi connectivity index (χ0v) is 19.7. The van der Waals surface area contributed by atoms with Gasteiger partial charge in [0.05, 0.1) is 24.2 Å². The summed E-state index contributed by atoms with van der Waals surface area (Å²) in [4.78, 5) is 20.5. The minimum atomic E-state index is -3.89. The molecule has 2 aromatic carbocycles. The second kappa shape index (κ2) is 10.4. The smallest absolute Gasteiger partial charge is 0.263 e. The molecular weight excluding hydrogens is 500 g/mol. The molecule has 0 aliphatic carbocycles. The largest absolute Gasteiger partial charge is 0.493 e. The van der Waals surface area contributed by atoms with Crippen LogP contribution < -0.4 is 19.5 Å². The highest BCUT2D eigenvalue weighted by molar-refractivity contribution is 9.10. The summed E-state index contributed by atoms with van der Waals surface area (Å²) in [5.74, 6) is 0.393. The van der Waals surface area contributed by atoms with Crippen LogP contribution in [0.1, 0.15) is 23.7 Å². The predicted molar refractivity (Wildman–Crippen MR) is 124 cm³/mol. The van der Waals surface area contributed by atoms with Crippen molar-refractivity contribution in [3.63, 3.8) is 0 Å². The average Bonchev–Trinajstić information content (AvgIpc) is 2.78. The summed E-state index contributed by atoms with van der Waals surface area (Å²) in [6.07, 6.45) is 2.00. The number of nitrogens with one attached hydrogen (secondary N) is 2. The van der Waals surface area contributed by atoms with Gasteiger partial charge in [-0.25, -0.2) is 18.4 Å². The van der Waals surface area contributed by atoms with Gasteiger partial charge in [-0.3, -0.25) is 9.52 Å². The van der Waals surface area contributed by atoms with Gasteiger partial charge in [0.1, 0.15) is 17.9 Å². The highest BCUT2D eigenvalue weighted by Crippen LogP contribution is 2.25. The van der Waals surface area contributed by atoms with Crippen LogP contribution in [0.5, 0.6) is 11.6 Å². The SMILES string of the molecule is CCCOc1ccc(Br)cc1C(=O)Nc1ccc(S(=O)(=O)Nc2cc(OC)ncn2)cc1. The number of rotatable bonds is 9. The van der Waals surface area contributed by atoms with Gasteiger partial charge in [0.2, 0.25) is 5.88 Å². The van der Waals surface area contributed by atoms with Gasteiger partial charge < -0.3 is 14.8 Å². The minimum Gasteiger partial charge on any atom is -0.493 e. The van der Waals surface area contributed by atoms with Crippen molar-refractivity contribution in [3.05, 3.63) is 64.9 Å². The fourth-order valence-electron chi connectivity index (χ4n) is 2.64. The van der Waals surface area contributed by atoms with Crippen molar-refractivity contribution in [2.24, 2.45) is 0 Å². The first-order valence-corrected chi connectivity index (χ1v) is 11.8. The van der Waals surface area contributed by atoms with Crippen LogP contribution in [0.3, 0.4) is 0 Å². The molecule has 1 heterocycles. The summed E-state index contributed by atoms with van der Waals surface area (Å²) >= 11 is 3.36. The molecule has 1 aromatic heterocycles. The molecule has 1 amide bonds. The summed E-state index contributed by atoms with van der Waals surface area (Å²) < 4.78 is 38.9. The van der Waals surface area contributed by atoms with E-state index in [9.17, 15) is 13.2 Å². The number of hydrogen-bond acceptors (Lipinski definition) is 7. The van der Waals surface area contributed by atoms with Crippen molar-refractivity contribution in [1.82, 2.24) is 9.97 Å². The Bertz CT molecular complexity index is 1200. The molecule has 0 aliphatic heterocycles. The standard InChI is InChI=1S/C21H21BrN4O5S/c1-3-10-31-18-9-4-14(22)11-17(18)21(27)25-15-5-7-16(8-6-15)32(28,29)26-19-12-20(30-2)24-13-23-19/h4-9,11-13H,3,10H2,1-2H3,(H,25,27)(H,23,24,26). The van der Waals surface area contributed by atoms with E-state index in [0.29, 0.717) is 23.6 Å². The van der Waals surface area contributed by atoms with E-state index < -0.39 is 10.0 Å². The number of carbonyl (C=O) groups excluding carboxylic acids is 1. The number of ether oxygens (including phenoxy) is 2. The van der Waals surface area contributed by atoms with Crippen molar-refractivity contribution in [2.45, 2.75) is 18.2 Å². The maximum Gasteiger partial charge on any atom is 0.263 e. The summed E-state index contributed by atoms with van der Waals surface area (Å²) in [6, 6.07) is 12.3. The van der Waals surface area contributed by atoms with E-state index in [2.05, 4.69) is 35.9 Å². The molecule has 168 valence electrons. The van der Waals surface area contributed by atoms with Crippen LogP contribution in [-0.2, 0) is 10.0 Å². The van der Waals surface area contributed by atoms with Gasteiger partial charge in [-0.2, -0.15) is 0 Å². The number of benzene rings is 2. The van der Waals surface area contributed by atoms with Crippen LogP contribution in [-0.4, -0.2) is 38.0 Å². The van der Waals surface area contributed by atoms with Gasteiger partial charge in [-0.15, -0.1) is 0 Å². The second-order valence-corrected chi connectivity index (χ2v) is 9.12. The second-order valence-electron chi connectivity index (χ2n) is 6.52. The molecule has 0 fully saturated rings. The Morgan fingerprint density at radius 1 is 1.09 bits per heavy atom. The zero-order valence-electron chi connectivity index (χ0n) is 17.3. The molecule has 0 spiro atoms. The van der Waals surface area contributed by atoms with E-state index in [0.717, 1.165) is 10.9 Å². The van der Waals surface area contributed by atoms with Crippen molar-refractivity contribution < 1.29 is 22.7 Å². The van der Waals surface area contributed by atoms with Gasteiger partial charge in [0.25, 0.3) is 15.9 Å². The lowest BCUT2D eigenvalue weighted by Gasteiger charge is -2.12. The number of carbonyl (C=O) groups is 1. The zero-order chi connectivity index (χ0) is 23.1. The number of sulfonamides is 1. The molecule has 0 radical (unpaired) electrons. The highest BCUT2D eigenvalue weighted by atomic mass is 79.9. The molecule has 32 heavy (non-hydrogen) atoms. The topological polar surface area (TPSA) is 120 Å². The monoisotopic (exact) mass is 520 g/mol. The fourth-order valence-corrected chi connectivity index (χ4v) is 4.00. The molecule has 9 nitrogen and oxygen atoms in total. The lowest BCUT2D eigenvalue weighted by molar-refractivity contribution is 0.102. The Morgan fingerprint density at radius 3 is 2.53 bits per heavy atom. The number of nitrogens with zero attached hydrogens (tertiary/aromatic N) is 2. The summed E-state index contributed by atoms with van der Waals surface area (Å²) in [5, 5.41) is 2.75. The van der Waals surface area contributed by atoms with Crippen LogP contribution in [0.15, 0.2) is 64.2 Å². The van der Waals surface area contributed by atoms with E-state index in [1.54, 1.807) is 18.2 Å². The molecule has 0 unspecified atom stereocenters. The maximum absolute atomic E-state index is 12.8. The average molecular weight is 521 g/mol. The third-order valence-corrected chi connectivity index (χ3v) is 6.02. The van der Waals surface area contributed by atoms with Gasteiger partial charge >= 0.3 is 0 Å². The quantitative estimate of drug-likeness (QED) is 0.435. The van der Waals surface area contributed by atoms with E-state index in [4.69, 9.17) is 9.47 Å². The van der Waals surface area contributed by atoms with Crippen molar-refractivity contribution in [2.75, 3.05) is 23.8 Å². The third-order valence-electron chi connectivity index (χ3n) is 4.16. The normalized spacial score (nSPS) is 11.0. The Labute approximate surface area is 194 Å². The first-order valence-electron chi connectivity index (χ1n) is 9.55. The van der Waals surface area contributed by atoms with Crippen LogP contribution >= 0.6 is 15.9 Å². The number of halogens is 1. The lowest BCUT2D eigenvalue weighted by Crippen LogP contribution is -2.15. The molecule has 0 saturated carbocycles. The molecule has 3 rings (SSSR count). The van der Waals surface area contributed by atoms with E-state index in [1.165, 1.54) is 43.8 Å². The van der Waals surface area contributed by atoms with Gasteiger partial charge in [0, 0.05) is 16.2 Å². The van der Waals surface area contributed by atoms with E-state index >= 15 is 0 Å². The molecule has 2 N–H and O–H groups in total. The molecule has 0 saturated heterocycles. The molecule has 0 aliphatic rings. The third kappa shape index (κ3) is 5.95.